The van der Waals surface area contributed by atoms with Gasteiger partial charge in [0.25, 0.3) is 5.91 Å². The number of aromatic nitrogens is 2. The van der Waals surface area contributed by atoms with Crippen LogP contribution in [0, 0.1) is 5.82 Å². The molecule has 25 heavy (non-hydrogen) atoms. The largest absolute Gasteiger partial charge is 0.321 e. The van der Waals surface area contributed by atoms with Crippen molar-refractivity contribution in [1.29, 1.82) is 0 Å². The fraction of sp³-hybridized carbons (Fsp3) is 0.167. The quantitative estimate of drug-likeness (QED) is 0.735. The summed E-state index contributed by atoms with van der Waals surface area (Å²) in [7, 11) is 0. The molecule has 0 aliphatic carbocycles. The number of para-hydroxylation sites is 2. The SMILES string of the molecule is O=C(Cn1cnc2ccccc21)N/N=C1/CCSc2ccc(F)cc21. The van der Waals surface area contributed by atoms with Crippen molar-refractivity contribution in [3.63, 3.8) is 0 Å². The molecule has 1 N–H and O–H groups in total. The van der Waals surface area contributed by atoms with Crippen LogP contribution in [0.5, 0.6) is 0 Å². The summed E-state index contributed by atoms with van der Waals surface area (Å²) in [6.45, 7) is 0.127. The van der Waals surface area contributed by atoms with Gasteiger partial charge >= 0.3 is 0 Å². The lowest BCUT2D eigenvalue weighted by atomic mass is 10.1. The normalized spacial score (nSPS) is 15.3. The molecule has 2 aromatic carbocycles. The highest BCUT2D eigenvalue weighted by Crippen LogP contribution is 2.30. The van der Waals surface area contributed by atoms with Crippen LogP contribution in [-0.4, -0.2) is 26.9 Å². The molecule has 0 bridgehead atoms. The van der Waals surface area contributed by atoms with Crippen LogP contribution in [0.25, 0.3) is 11.0 Å². The molecule has 126 valence electrons. The van der Waals surface area contributed by atoms with E-state index in [-0.39, 0.29) is 18.3 Å². The van der Waals surface area contributed by atoms with Gasteiger partial charge in [-0.15, -0.1) is 11.8 Å². The molecule has 0 saturated carbocycles. The molecule has 0 radical (unpaired) electrons. The van der Waals surface area contributed by atoms with Gasteiger partial charge in [0.15, 0.2) is 0 Å². The van der Waals surface area contributed by atoms with E-state index in [4.69, 9.17) is 0 Å². The predicted molar refractivity (Wildman–Crippen MR) is 96.2 cm³/mol. The monoisotopic (exact) mass is 354 g/mol. The van der Waals surface area contributed by atoms with E-state index >= 15 is 0 Å². The van der Waals surface area contributed by atoms with E-state index in [9.17, 15) is 9.18 Å². The Kier molecular flexibility index (Phi) is 4.23. The number of imidazole rings is 1. The molecule has 1 aliphatic heterocycles. The van der Waals surface area contributed by atoms with Crippen LogP contribution >= 0.6 is 11.8 Å². The number of nitrogens with one attached hydrogen (secondary N) is 1. The molecule has 7 heteroatoms. The molecule has 1 amide bonds. The number of carbonyl (C=O) groups is 1. The van der Waals surface area contributed by atoms with Gasteiger partial charge in [-0.25, -0.2) is 14.8 Å². The highest BCUT2D eigenvalue weighted by atomic mass is 32.2. The van der Waals surface area contributed by atoms with Crippen molar-refractivity contribution in [2.45, 2.75) is 17.9 Å². The Morgan fingerprint density at radius 1 is 1.32 bits per heavy atom. The molecule has 0 spiro atoms. The number of thioether (sulfide) groups is 1. The van der Waals surface area contributed by atoms with Crippen LogP contribution in [-0.2, 0) is 11.3 Å². The zero-order valence-corrected chi connectivity index (χ0v) is 14.1. The minimum Gasteiger partial charge on any atom is -0.321 e. The van der Waals surface area contributed by atoms with Gasteiger partial charge in [0.1, 0.15) is 12.4 Å². The number of nitrogens with zero attached hydrogens (tertiary/aromatic N) is 3. The molecule has 2 heterocycles. The van der Waals surface area contributed by atoms with Gasteiger partial charge in [0.2, 0.25) is 0 Å². The maximum absolute atomic E-state index is 13.5. The third kappa shape index (κ3) is 3.28. The van der Waals surface area contributed by atoms with Crippen molar-refractivity contribution in [2.75, 3.05) is 5.75 Å². The number of fused-ring (bicyclic) bond motifs is 2. The highest BCUT2D eigenvalue weighted by molar-refractivity contribution is 7.99. The summed E-state index contributed by atoms with van der Waals surface area (Å²) in [6, 6.07) is 12.3. The van der Waals surface area contributed by atoms with Gasteiger partial charge in [-0.1, -0.05) is 12.1 Å². The van der Waals surface area contributed by atoms with E-state index in [0.717, 1.165) is 27.2 Å². The van der Waals surface area contributed by atoms with Gasteiger partial charge in [0.05, 0.1) is 23.1 Å². The summed E-state index contributed by atoms with van der Waals surface area (Å²) in [5.41, 5.74) is 5.78. The maximum atomic E-state index is 13.5. The first kappa shape index (κ1) is 15.8. The third-order valence-electron chi connectivity index (χ3n) is 4.01. The van der Waals surface area contributed by atoms with E-state index in [0.29, 0.717) is 12.1 Å². The zero-order chi connectivity index (χ0) is 17.2. The van der Waals surface area contributed by atoms with E-state index in [1.807, 2.05) is 24.3 Å². The molecule has 1 aliphatic rings. The molecule has 3 aromatic rings. The second kappa shape index (κ2) is 6.68. The maximum Gasteiger partial charge on any atom is 0.260 e. The fourth-order valence-corrected chi connectivity index (χ4v) is 3.83. The number of hydrogen-bond acceptors (Lipinski definition) is 4. The second-order valence-corrected chi connectivity index (χ2v) is 6.83. The van der Waals surface area contributed by atoms with Crippen molar-refractivity contribution in [3.05, 3.63) is 60.2 Å². The van der Waals surface area contributed by atoms with Gasteiger partial charge in [-0.3, -0.25) is 4.79 Å². The lowest BCUT2D eigenvalue weighted by Crippen LogP contribution is -2.25. The van der Waals surface area contributed by atoms with Gasteiger partial charge < -0.3 is 4.57 Å². The molecule has 0 saturated heterocycles. The van der Waals surface area contributed by atoms with E-state index in [1.54, 1.807) is 28.7 Å². The minimum atomic E-state index is -0.301. The van der Waals surface area contributed by atoms with Crippen LogP contribution in [0.2, 0.25) is 0 Å². The highest BCUT2D eigenvalue weighted by Gasteiger charge is 2.17. The Bertz CT molecular complexity index is 982. The average Bonchev–Trinajstić information content (AvgIpc) is 3.03. The molecule has 5 nitrogen and oxygen atoms in total. The molecular formula is C18H15FN4OS. The summed E-state index contributed by atoms with van der Waals surface area (Å²) >= 11 is 1.67. The second-order valence-electron chi connectivity index (χ2n) is 5.69. The third-order valence-corrected chi connectivity index (χ3v) is 5.08. The Morgan fingerprint density at radius 3 is 3.12 bits per heavy atom. The standard InChI is InChI=1S/C18H15FN4OS/c19-12-5-6-17-13(9-12)14(7-8-25-17)21-22-18(24)10-23-11-20-15-3-1-2-4-16(15)23/h1-6,9,11H,7-8,10H2,(H,22,24)/b21-14-. The lowest BCUT2D eigenvalue weighted by Gasteiger charge is -2.17. The number of amides is 1. The number of hydrazone groups is 1. The first-order chi connectivity index (χ1) is 12.2. The first-order valence-electron chi connectivity index (χ1n) is 7.89. The van der Waals surface area contributed by atoms with Crippen LogP contribution in [0.15, 0.2) is 58.8 Å². The molecular weight excluding hydrogens is 339 g/mol. The minimum absolute atomic E-state index is 0.127. The molecule has 0 fully saturated rings. The van der Waals surface area contributed by atoms with E-state index in [2.05, 4.69) is 15.5 Å². The number of hydrogen-bond donors (Lipinski definition) is 1. The molecule has 1 aromatic heterocycles. The van der Waals surface area contributed by atoms with Gasteiger partial charge in [0, 0.05) is 22.6 Å². The zero-order valence-electron chi connectivity index (χ0n) is 13.3. The van der Waals surface area contributed by atoms with Crippen LogP contribution in [0.3, 0.4) is 0 Å². The van der Waals surface area contributed by atoms with E-state index in [1.165, 1.54) is 12.1 Å². The van der Waals surface area contributed by atoms with Crippen molar-refractivity contribution < 1.29 is 9.18 Å². The summed E-state index contributed by atoms with van der Waals surface area (Å²) in [6.07, 6.45) is 2.33. The molecule has 4 rings (SSSR count). The number of halogens is 1. The van der Waals surface area contributed by atoms with Crippen molar-refractivity contribution in [1.82, 2.24) is 15.0 Å². The van der Waals surface area contributed by atoms with Crippen LogP contribution in [0.4, 0.5) is 4.39 Å². The predicted octanol–water partition coefficient (Wildman–Crippen LogP) is 3.19. The Labute approximate surface area is 147 Å². The molecule has 0 atom stereocenters. The van der Waals surface area contributed by atoms with E-state index < -0.39 is 0 Å². The smallest absolute Gasteiger partial charge is 0.260 e. The number of carbonyl (C=O) groups excluding carboxylic acids is 1. The van der Waals surface area contributed by atoms with Gasteiger partial charge in [-0.05, 0) is 30.3 Å². The summed E-state index contributed by atoms with van der Waals surface area (Å²) < 4.78 is 15.3. The Balaban J connectivity index is 1.51. The molecule has 0 unspecified atom stereocenters. The van der Waals surface area contributed by atoms with Crippen molar-refractivity contribution >= 4 is 34.4 Å². The number of rotatable bonds is 3. The topological polar surface area (TPSA) is 59.3 Å². The number of benzene rings is 2. The van der Waals surface area contributed by atoms with Gasteiger partial charge in [-0.2, -0.15) is 5.10 Å². The summed E-state index contributed by atoms with van der Waals surface area (Å²) in [5, 5.41) is 4.23. The Morgan fingerprint density at radius 2 is 2.20 bits per heavy atom. The van der Waals surface area contributed by atoms with Crippen molar-refractivity contribution in [2.24, 2.45) is 5.10 Å². The van der Waals surface area contributed by atoms with Crippen molar-refractivity contribution in [3.8, 4) is 0 Å². The summed E-state index contributed by atoms with van der Waals surface area (Å²) in [5.74, 6) is 0.316. The summed E-state index contributed by atoms with van der Waals surface area (Å²) in [4.78, 5) is 17.5. The Hall–Kier alpha value is -2.67. The average molecular weight is 354 g/mol. The van der Waals surface area contributed by atoms with Crippen LogP contribution < -0.4 is 5.43 Å². The first-order valence-corrected chi connectivity index (χ1v) is 8.87. The van der Waals surface area contributed by atoms with Crippen LogP contribution in [0.1, 0.15) is 12.0 Å². The fourth-order valence-electron chi connectivity index (χ4n) is 2.82. The lowest BCUT2D eigenvalue weighted by molar-refractivity contribution is -0.121.